The van der Waals surface area contributed by atoms with Crippen molar-refractivity contribution in [1.29, 1.82) is 0 Å². The molecule has 1 heterocycles. The largest absolute Gasteiger partial charge is 0.493 e. The van der Waals surface area contributed by atoms with Crippen LogP contribution in [0.25, 0.3) is 10.8 Å². The number of carbonyl (C=O) groups excluding carboxylic acids is 1. The maximum atomic E-state index is 13.8. The highest BCUT2D eigenvalue weighted by Gasteiger charge is 2.13. The van der Waals surface area contributed by atoms with Crippen molar-refractivity contribution in [1.82, 2.24) is 15.4 Å². The van der Waals surface area contributed by atoms with E-state index in [9.17, 15) is 9.18 Å². The number of halogens is 2. The summed E-state index contributed by atoms with van der Waals surface area (Å²) in [5.74, 6) is -0.895. The molecule has 32 heavy (non-hydrogen) atoms. The first kappa shape index (κ1) is 21.2. The van der Waals surface area contributed by atoms with E-state index in [4.69, 9.17) is 21.1 Å². The molecule has 0 radical (unpaired) electrons. The molecule has 0 spiro atoms. The Bertz CT molecular complexity index is 1320. The van der Waals surface area contributed by atoms with Gasteiger partial charge in [-0.05, 0) is 52.2 Å². The van der Waals surface area contributed by atoms with Crippen LogP contribution in [-0.4, -0.2) is 29.2 Å². The van der Waals surface area contributed by atoms with Gasteiger partial charge in [0, 0.05) is 5.56 Å². The topological polar surface area (TPSA) is 85.7 Å². The maximum Gasteiger partial charge on any atom is 0.271 e. The van der Waals surface area contributed by atoms with Crippen molar-refractivity contribution in [3.8, 4) is 17.4 Å². The number of nitrogens with zero attached hydrogens (tertiary/aromatic N) is 3. The minimum absolute atomic E-state index is 0.147. The molecule has 7 nitrogen and oxygen atoms in total. The Morgan fingerprint density at radius 1 is 1.12 bits per heavy atom. The standard InChI is InChI=1S/C23H16ClFN4O3/c1-31-20-11-14(9-10-19(20)32-22-18(25)13-26-23(24)28-22)12-27-29-21(30)17-8-4-6-15-5-2-3-7-16(15)17/h2-13H,1H3,(H,29,30)/b27-12-. The number of nitrogens with one attached hydrogen (secondary N) is 1. The van der Waals surface area contributed by atoms with Gasteiger partial charge in [-0.15, -0.1) is 0 Å². The molecule has 1 N–H and O–H groups in total. The van der Waals surface area contributed by atoms with Crippen LogP contribution in [0.3, 0.4) is 0 Å². The van der Waals surface area contributed by atoms with Gasteiger partial charge in [0.1, 0.15) is 0 Å². The molecular formula is C23H16ClFN4O3. The number of methoxy groups -OCH3 is 1. The lowest BCUT2D eigenvalue weighted by Crippen LogP contribution is -2.17. The third-order valence-corrected chi connectivity index (χ3v) is 4.67. The molecule has 0 fully saturated rings. The van der Waals surface area contributed by atoms with Crippen LogP contribution in [0.2, 0.25) is 5.28 Å². The van der Waals surface area contributed by atoms with E-state index in [1.165, 1.54) is 13.3 Å². The zero-order valence-electron chi connectivity index (χ0n) is 16.8. The number of rotatable bonds is 6. The molecule has 0 atom stereocenters. The quantitative estimate of drug-likeness (QED) is 0.254. The Morgan fingerprint density at radius 3 is 2.78 bits per heavy atom. The van der Waals surface area contributed by atoms with E-state index in [1.807, 2.05) is 36.4 Å². The van der Waals surface area contributed by atoms with Gasteiger partial charge in [-0.2, -0.15) is 14.5 Å². The SMILES string of the molecule is COc1cc(/C=N\NC(=O)c2cccc3ccccc23)ccc1Oc1nc(Cl)ncc1F. The first-order valence-corrected chi connectivity index (χ1v) is 9.78. The van der Waals surface area contributed by atoms with Crippen molar-refractivity contribution < 1.29 is 18.7 Å². The number of hydrogen-bond donors (Lipinski definition) is 1. The molecule has 0 aliphatic carbocycles. The molecule has 0 aliphatic rings. The van der Waals surface area contributed by atoms with Crippen LogP contribution in [0.4, 0.5) is 4.39 Å². The first-order chi connectivity index (χ1) is 15.5. The van der Waals surface area contributed by atoms with Gasteiger partial charge in [0.05, 0.1) is 19.5 Å². The molecule has 3 aromatic carbocycles. The van der Waals surface area contributed by atoms with Crippen LogP contribution in [0, 0.1) is 5.82 Å². The summed E-state index contributed by atoms with van der Waals surface area (Å²) in [5.41, 5.74) is 3.66. The van der Waals surface area contributed by atoms with Crippen molar-refractivity contribution in [3.05, 3.63) is 89.1 Å². The van der Waals surface area contributed by atoms with Crippen LogP contribution in [-0.2, 0) is 0 Å². The summed E-state index contributed by atoms with van der Waals surface area (Å²) in [7, 11) is 1.44. The molecule has 4 rings (SSSR count). The average molecular weight is 451 g/mol. The molecule has 1 aromatic heterocycles. The van der Waals surface area contributed by atoms with Gasteiger partial charge >= 0.3 is 0 Å². The van der Waals surface area contributed by atoms with Gasteiger partial charge in [-0.25, -0.2) is 10.4 Å². The number of hydrazone groups is 1. The second-order valence-corrected chi connectivity index (χ2v) is 6.87. The highest BCUT2D eigenvalue weighted by atomic mass is 35.5. The highest BCUT2D eigenvalue weighted by molar-refractivity contribution is 6.28. The van der Waals surface area contributed by atoms with Crippen molar-refractivity contribution in [3.63, 3.8) is 0 Å². The Hall–Kier alpha value is -4.04. The average Bonchev–Trinajstić information content (AvgIpc) is 2.81. The Labute approximate surface area is 187 Å². The molecule has 0 saturated heterocycles. The van der Waals surface area contributed by atoms with E-state index in [-0.39, 0.29) is 22.8 Å². The zero-order chi connectivity index (χ0) is 22.5. The predicted molar refractivity (Wildman–Crippen MR) is 119 cm³/mol. The van der Waals surface area contributed by atoms with E-state index < -0.39 is 5.82 Å². The van der Waals surface area contributed by atoms with Gasteiger partial charge in [0.25, 0.3) is 11.8 Å². The summed E-state index contributed by atoms with van der Waals surface area (Å²) in [5, 5.41) is 5.67. The van der Waals surface area contributed by atoms with E-state index in [2.05, 4.69) is 20.5 Å². The van der Waals surface area contributed by atoms with E-state index >= 15 is 0 Å². The fourth-order valence-corrected chi connectivity index (χ4v) is 3.13. The van der Waals surface area contributed by atoms with Crippen LogP contribution in [0.1, 0.15) is 15.9 Å². The minimum atomic E-state index is -0.766. The number of ether oxygens (including phenoxy) is 2. The lowest BCUT2D eigenvalue weighted by atomic mass is 10.0. The third-order valence-electron chi connectivity index (χ3n) is 4.49. The van der Waals surface area contributed by atoms with E-state index in [0.717, 1.165) is 17.0 Å². The first-order valence-electron chi connectivity index (χ1n) is 9.40. The molecule has 1 amide bonds. The second-order valence-electron chi connectivity index (χ2n) is 6.53. The molecule has 160 valence electrons. The summed E-state index contributed by atoms with van der Waals surface area (Å²) in [6, 6.07) is 17.9. The minimum Gasteiger partial charge on any atom is -0.493 e. The van der Waals surface area contributed by atoms with Gasteiger partial charge in [-0.1, -0.05) is 36.4 Å². The summed E-state index contributed by atoms with van der Waals surface area (Å²) >= 11 is 5.69. The third kappa shape index (κ3) is 4.65. The molecular weight excluding hydrogens is 435 g/mol. The summed E-state index contributed by atoms with van der Waals surface area (Å²) in [4.78, 5) is 19.8. The number of benzene rings is 3. The normalized spacial score (nSPS) is 11.0. The monoisotopic (exact) mass is 450 g/mol. The summed E-state index contributed by atoms with van der Waals surface area (Å²) < 4.78 is 24.6. The van der Waals surface area contributed by atoms with Crippen molar-refractivity contribution in [2.75, 3.05) is 7.11 Å². The van der Waals surface area contributed by atoms with Crippen LogP contribution in [0.15, 0.2) is 72.0 Å². The Kier molecular flexibility index (Phi) is 6.23. The van der Waals surface area contributed by atoms with Crippen LogP contribution < -0.4 is 14.9 Å². The van der Waals surface area contributed by atoms with Gasteiger partial charge in [-0.3, -0.25) is 4.79 Å². The maximum absolute atomic E-state index is 13.8. The number of amides is 1. The number of hydrogen-bond acceptors (Lipinski definition) is 6. The van der Waals surface area contributed by atoms with Crippen LogP contribution in [0.5, 0.6) is 17.4 Å². The fraction of sp³-hybridized carbons (Fsp3) is 0.0435. The lowest BCUT2D eigenvalue weighted by Gasteiger charge is -2.10. The molecule has 0 aliphatic heterocycles. The van der Waals surface area contributed by atoms with Crippen molar-refractivity contribution in [2.24, 2.45) is 5.10 Å². The van der Waals surface area contributed by atoms with Gasteiger partial charge in [0.15, 0.2) is 11.5 Å². The second kappa shape index (κ2) is 9.40. The van der Waals surface area contributed by atoms with Crippen molar-refractivity contribution in [2.45, 2.75) is 0 Å². The molecule has 0 unspecified atom stereocenters. The van der Waals surface area contributed by atoms with Gasteiger partial charge < -0.3 is 9.47 Å². The van der Waals surface area contributed by atoms with Gasteiger partial charge in [0.2, 0.25) is 11.1 Å². The number of aromatic nitrogens is 2. The zero-order valence-corrected chi connectivity index (χ0v) is 17.5. The summed E-state index contributed by atoms with van der Waals surface area (Å²) in [6.45, 7) is 0. The number of fused-ring (bicyclic) bond motifs is 1. The molecule has 4 aromatic rings. The van der Waals surface area contributed by atoms with Crippen LogP contribution >= 0.6 is 11.6 Å². The molecule has 9 heteroatoms. The lowest BCUT2D eigenvalue weighted by molar-refractivity contribution is 0.0957. The number of carbonyl (C=O) groups is 1. The van der Waals surface area contributed by atoms with E-state index in [0.29, 0.717) is 16.9 Å². The smallest absolute Gasteiger partial charge is 0.271 e. The Balaban J connectivity index is 1.49. The van der Waals surface area contributed by atoms with Crippen molar-refractivity contribution >= 4 is 34.5 Å². The highest BCUT2D eigenvalue weighted by Crippen LogP contribution is 2.32. The predicted octanol–water partition coefficient (Wildman–Crippen LogP) is 4.99. The van der Waals surface area contributed by atoms with E-state index in [1.54, 1.807) is 24.3 Å². The fourth-order valence-electron chi connectivity index (χ4n) is 3.00. The Morgan fingerprint density at radius 2 is 1.94 bits per heavy atom. The molecule has 0 saturated carbocycles. The molecule has 0 bridgehead atoms. The summed E-state index contributed by atoms with van der Waals surface area (Å²) in [6.07, 6.45) is 2.37.